The Balaban J connectivity index is 1.65. The Hall–Kier alpha value is -3.40. The third-order valence-corrected chi connectivity index (χ3v) is 6.48. The number of aromatic carboxylic acids is 1. The number of hydrogen-bond acceptors (Lipinski definition) is 7. The van der Waals surface area contributed by atoms with Gasteiger partial charge in [0.15, 0.2) is 5.82 Å². The molecule has 0 bridgehead atoms. The third kappa shape index (κ3) is 6.04. The van der Waals surface area contributed by atoms with E-state index in [4.69, 9.17) is 26.2 Å². The molecule has 0 aliphatic carbocycles. The summed E-state index contributed by atoms with van der Waals surface area (Å²) in [5, 5.41) is 20.0. The maximum absolute atomic E-state index is 12.0. The van der Waals surface area contributed by atoms with Gasteiger partial charge in [0.05, 0.1) is 17.3 Å². The number of aromatic nitrogens is 3. The van der Waals surface area contributed by atoms with Crippen LogP contribution in [0.2, 0.25) is 5.02 Å². The van der Waals surface area contributed by atoms with Crippen LogP contribution in [0.25, 0.3) is 21.7 Å². The van der Waals surface area contributed by atoms with Crippen molar-refractivity contribution >= 4 is 40.5 Å². The molecular formula is C26H27ClN4O4S. The summed E-state index contributed by atoms with van der Waals surface area (Å²) in [7, 11) is 1.61. The molecule has 0 fully saturated rings. The molecule has 4 rings (SSSR count). The Morgan fingerprint density at radius 2 is 2.03 bits per heavy atom. The van der Waals surface area contributed by atoms with Crippen LogP contribution in [0.4, 0.5) is 11.6 Å². The number of methoxy groups -OCH3 is 1. The molecule has 0 unspecified atom stereocenters. The molecule has 3 aromatic heterocycles. The lowest BCUT2D eigenvalue weighted by Crippen LogP contribution is -2.09. The molecular weight excluding hydrogens is 500 g/mol. The van der Waals surface area contributed by atoms with Gasteiger partial charge in [0, 0.05) is 41.9 Å². The van der Waals surface area contributed by atoms with Gasteiger partial charge < -0.3 is 19.9 Å². The number of ether oxygens (including phenoxy) is 2. The fourth-order valence-corrected chi connectivity index (χ4v) is 4.58. The van der Waals surface area contributed by atoms with Crippen molar-refractivity contribution in [3.63, 3.8) is 0 Å². The van der Waals surface area contributed by atoms with E-state index in [-0.39, 0.29) is 11.4 Å². The minimum Gasteiger partial charge on any atom is -0.490 e. The number of carboxylic acid groups (broad SMARTS) is 1. The fraction of sp³-hybridized carbons (Fsp3) is 0.269. The zero-order valence-electron chi connectivity index (χ0n) is 20.2. The maximum Gasteiger partial charge on any atom is 0.339 e. The summed E-state index contributed by atoms with van der Waals surface area (Å²) in [4.78, 5) is 17.4. The highest BCUT2D eigenvalue weighted by molar-refractivity contribution is 7.13. The number of nitrogens with one attached hydrogen (secondary N) is 1. The van der Waals surface area contributed by atoms with Gasteiger partial charge in [-0.15, -0.1) is 11.3 Å². The molecule has 0 aliphatic heterocycles. The van der Waals surface area contributed by atoms with E-state index in [2.05, 4.69) is 24.1 Å². The van der Waals surface area contributed by atoms with E-state index in [1.165, 1.54) is 11.3 Å². The number of carbonyl (C=O) groups is 1. The van der Waals surface area contributed by atoms with Crippen molar-refractivity contribution in [2.75, 3.05) is 25.6 Å². The second-order valence-corrected chi connectivity index (χ2v) is 9.86. The van der Waals surface area contributed by atoms with Gasteiger partial charge in [-0.05, 0) is 41.6 Å². The molecule has 4 aromatic rings. The monoisotopic (exact) mass is 526 g/mol. The lowest BCUT2D eigenvalue weighted by atomic mass is 10.1. The van der Waals surface area contributed by atoms with Crippen molar-refractivity contribution in [2.24, 2.45) is 5.92 Å². The summed E-state index contributed by atoms with van der Waals surface area (Å²) >= 11 is 8.01. The summed E-state index contributed by atoms with van der Waals surface area (Å²) in [6, 6.07) is 12.9. The largest absolute Gasteiger partial charge is 0.490 e. The highest BCUT2D eigenvalue weighted by atomic mass is 35.5. The predicted octanol–water partition coefficient (Wildman–Crippen LogP) is 6.45. The first-order valence-corrected chi connectivity index (χ1v) is 12.6. The maximum atomic E-state index is 12.0. The summed E-state index contributed by atoms with van der Waals surface area (Å²) in [6.45, 7) is 5.74. The van der Waals surface area contributed by atoms with Crippen LogP contribution < -0.4 is 10.1 Å². The van der Waals surface area contributed by atoms with Crippen LogP contribution in [-0.2, 0) is 11.3 Å². The second-order valence-electron chi connectivity index (χ2n) is 8.50. The average Bonchev–Trinajstić information content (AvgIpc) is 3.50. The molecule has 0 saturated heterocycles. The summed E-state index contributed by atoms with van der Waals surface area (Å²) in [5.74, 6) is 0.555. The molecule has 0 aliphatic rings. The van der Waals surface area contributed by atoms with Crippen LogP contribution in [0.5, 0.6) is 5.75 Å². The minimum absolute atomic E-state index is 0.0708. The van der Waals surface area contributed by atoms with Crippen LogP contribution in [0.3, 0.4) is 0 Å². The Kier molecular flexibility index (Phi) is 8.25. The molecule has 1 aromatic carbocycles. The SMILES string of the molecule is COCCOc1ccc(-c2cc(Nc3ncc(-c4cccs4)cc3C(=O)O)nn2CC(C)C)cc1Cl. The Morgan fingerprint density at radius 3 is 2.69 bits per heavy atom. The van der Waals surface area contributed by atoms with Crippen molar-refractivity contribution in [1.29, 1.82) is 0 Å². The van der Waals surface area contributed by atoms with Gasteiger partial charge in [-0.2, -0.15) is 5.10 Å². The highest BCUT2D eigenvalue weighted by Gasteiger charge is 2.18. The van der Waals surface area contributed by atoms with Crippen LogP contribution in [-0.4, -0.2) is 46.2 Å². The molecule has 2 N–H and O–H groups in total. The summed E-state index contributed by atoms with van der Waals surface area (Å²) in [6.07, 6.45) is 1.66. The highest BCUT2D eigenvalue weighted by Crippen LogP contribution is 2.33. The lowest BCUT2D eigenvalue weighted by Gasteiger charge is -2.12. The van der Waals surface area contributed by atoms with Gasteiger partial charge in [-0.1, -0.05) is 31.5 Å². The van der Waals surface area contributed by atoms with E-state index in [0.717, 1.165) is 21.7 Å². The first kappa shape index (κ1) is 25.7. The van der Waals surface area contributed by atoms with Gasteiger partial charge in [0.1, 0.15) is 23.7 Å². The molecule has 188 valence electrons. The van der Waals surface area contributed by atoms with Crippen LogP contribution in [0.15, 0.2) is 54.0 Å². The van der Waals surface area contributed by atoms with Crippen LogP contribution in [0, 0.1) is 5.92 Å². The van der Waals surface area contributed by atoms with E-state index in [0.29, 0.717) is 42.3 Å². The van der Waals surface area contributed by atoms with E-state index in [9.17, 15) is 9.90 Å². The normalized spacial score (nSPS) is 11.1. The number of benzene rings is 1. The van der Waals surface area contributed by atoms with E-state index < -0.39 is 5.97 Å². The van der Waals surface area contributed by atoms with E-state index in [1.54, 1.807) is 19.4 Å². The first-order chi connectivity index (χ1) is 17.4. The van der Waals surface area contributed by atoms with E-state index in [1.807, 2.05) is 46.5 Å². The molecule has 0 radical (unpaired) electrons. The predicted molar refractivity (Wildman–Crippen MR) is 143 cm³/mol. The van der Waals surface area contributed by atoms with Crippen molar-refractivity contribution in [3.8, 4) is 27.4 Å². The van der Waals surface area contributed by atoms with Crippen molar-refractivity contribution in [1.82, 2.24) is 14.8 Å². The average molecular weight is 527 g/mol. The Labute approximate surface area is 218 Å². The number of hydrogen-bond donors (Lipinski definition) is 2. The molecule has 0 amide bonds. The number of pyridine rings is 1. The molecule has 8 nitrogen and oxygen atoms in total. The standard InChI is InChI=1S/C26H27ClN4O4S/c1-16(2)15-31-21(17-6-7-22(20(27)12-17)35-9-8-34-3)13-24(30-31)29-25-19(26(32)33)11-18(14-28-25)23-5-4-10-36-23/h4-7,10-14,16H,8-9,15H2,1-3H3,(H,32,33)(H,28,29,30). The second kappa shape index (κ2) is 11.6. The Morgan fingerprint density at radius 1 is 1.19 bits per heavy atom. The lowest BCUT2D eigenvalue weighted by molar-refractivity contribution is 0.0697. The number of carboxylic acids is 1. The van der Waals surface area contributed by atoms with Crippen molar-refractivity contribution in [2.45, 2.75) is 20.4 Å². The number of thiophene rings is 1. The first-order valence-electron chi connectivity index (χ1n) is 11.4. The smallest absolute Gasteiger partial charge is 0.339 e. The molecule has 0 spiro atoms. The number of rotatable bonds is 11. The van der Waals surface area contributed by atoms with Crippen LogP contribution >= 0.6 is 22.9 Å². The van der Waals surface area contributed by atoms with Gasteiger partial charge in [-0.3, -0.25) is 4.68 Å². The number of anilines is 2. The van der Waals surface area contributed by atoms with Gasteiger partial charge in [-0.25, -0.2) is 9.78 Å². The topological polar surface area (TPSA) is 98.5 Å². The van der Waals surface area contributed by atoms with Crippen molar-refractivity contribution < 1.29 is 19.4 Å². The van der Waals surface area contributed by atoms with Crippen molar-refractivity contribution in [3.05, 3.63) is 64.6 Å². The zero-order chi connectivity index (χ0) is 25.7. The summed E-state index contributed by atoms with van der Waals surface area (Å²) in [5.41, 5.74) is 2.52. The molecule has 3 heterocycles. The summed E-state index contributed by atoms with van der Waals surface area (Å²) < 4.78 is 12.6. The quantitative estimate of drug-likeness (QED) is 0.217. The third-order valence-electron chi connectivity index (χ3n) is 5.26. The van der Waals surface area contributed by atoms with E-state index >= 15 is 0 Å². The van der Waals surface area contributed by atoms with Gasteiger partial charge in [0.2, 0.25) is 0 Å². The minimum atomic E-state index is -1.07. The van der Waals surface area contributed by atoms with Crippen LogP contribution in [0.1, 0.15) is 24.2 Å². The Bertz CT molecular complexity index is 1340. The fourth-order valence-electron chi connectivity index (χ4n) is 3.63. The molecule has 0 saturated carbocycles. The van der Waals surface area contributed by atoms with Gasteiger partial charge >= 0.3 is 5.97 Å². The molecule has 36 heavy (non-hydrogen) atoms. The number of nitrogens with zero attached hydrogens (tertiary/aromatic N) is 3. The number of halogens is 1. The zero-order valence-corrected chi connectivity index (χ0v) is 21.8. The van der Waals surface area contributed by atoms with Gasteiger partial charge in [0.25, 0.3) is 0 Å². The molecule has 0 atom stereocenters. The molecule has 10 heteroatoms.